The van der Waals surface area contributed by atoms with Crippen molar-refractivity contribution in [3.05, 3.63) is 18.2 Å². The van der Waals surface area contributed by atoms with Crippen LogP contribution >= 0.6 is 0 Å². The maximum absolute atomic E-state index is 9.71. The molecule has 2 heterocycles. The lowest BCUT2D eigenvalue weighted by Crippen LogP contribution is -2.45. The Kier molecular flexibility index (Phi) is 3.38. The van der Waals surface area contributed by atoms with Crippen molar-refractivity contribution in [3.63, 3.8) is 0 Å². The lowest BCUT2D eigenvalue weighted by Gasteiger charge is -2.37. The molecule has 1 aromatic rings. The fraction of sp³-hybridized carbons (Fsp3) is 0.727. The first-order valence-corrected chi connectivity index (χ1v) is 5.67. The molecule has 4 nitrogen and oxygen atoms in total. The highest BCUT2D eigenvalue weighted by Gasteiger charge is 2.26. The third-order valence-electron chi connectivity index (χ3n) is 3.15. The highest BCUT2D eigenvalue weighted by atomic mass is 16.3. The van der Waals surface area contributed by atoms with Crippen LogP contribution < -0.4 is 0 Å². The molecule has 0 bridgehead atoms. The van der Waals surface area contributed by atoms with E-state index in [1.54, 1.807) is 6.33 Å². The van der Waals surface area contributed by atoms with Gasteiger partial charge in [-0.05, 0) is 26.3 Å². The quantitative estimate of drug-likeness (QED) is 0.785. The molecule has 0 aromatic carbocycles. The normalized spacial score (nSPS) is 25.3. The summed E-state index contributed by atoms with van der Waals surface area (Å²) in [5, 5.41) is 9.71. The number of aliphatic hydroxyl groups is 1. The van der Waals surface area contributed by atoms with Crippen LogP contribution in [-0.2, 0) is 6.54 Å². The molecule has 0 radical (unpaired) electrons. The molecule has 1 saturated heterocycles. The van der Waals surface area contributed by atoms with E-state index in [0.717, 1.165) is 25.2 Å². The highest BCUT2D eigenvalue weighted by molar-refractivity contribution is 4.96. The minimum absolute atomic E-state index is 0.242. The van der Waals surface area contributed by atoms with Gasteiger partial charge in [-0.2, -0.15) is 0 Å². The summed E-state index contributed by atoms with van der Waals surface area (Å²) in [4.78, 5) is 9.47. The maximum Gasteiger partial charge on any atom is 0.0922 e. The molecular weight excluding hydrogens is 190 g/mol. The second-order valence-electron chi connectivity index (χ2n) is 4.35. The molecule has 1 aromatic heterocycles. The smallest absolute Gasteiger partial charge is 0.0922 e. The number of aliphatic hydroxyl groups excluding tert-OH is 1. The van der Waals surface area contributed by atoms with Gasteiger partial charge in [0.15, 0.2) is 0 Å². The Bertz CT molecular complexity index is 284. The molecule has 0 saturated carbocycles. The third kappa shape index (κ3) is 2.58. The lowest BCUT2D eigenvalue weighted by molar-refractivity contribution is 0.0310. The van der Waals surface area contributed by atoms with Crippen molar-refractivity contribution in [1.82, 2.24) is 14.9 Å². The van der Waals surface area contributed by atoms with Crippen molar-refractivity contribution < 1.29 is 5.11 Å². The van der Waals surface area contributed by atoms with E-state index < -0.39 is 0 Å². The average molecular weight is 209 g/mol. The second-order valence-corrected chi connectivity index (χ2v) is 4.35. The third-order valence-corrected chi connectivity index (χ3v) is 3.15. The van der Waals surface area contributed by atoms with Crippen molar-refractivity contribution in [2.45, 2.75) is 44.9 Å². The zero-order valence-electron chi connectivity index (χ0n) is 9.19. The van der Waals surface area contributed by atoms with Gasteiger partial charge in [0.2, 0.25) is 0 Å². The molecular formula is C11H19N3O. The summed E-state index contributed by atoms with van der Waals surface area (Å²) in [6, 6.07) is 0.307. The van der Waals surface area contributed by atoms with Gasteiger partial charge in [-0.1, -0.05) is 6.42 Å². The van der Waals surface area contributed by atoms with Gasteiger partial charge in [-0.3, -0.25) is 4.90 Å². The molecule has 1 fully saturated rings. The average Bonchev–Trinajstić information content (AvgIpc) is 2.71. The predicted octanol–water partition coefficient (Wildman–Crippen LogP) is 1.15. The fourth-order valence-corrected chi connectivity index (χ4v) is 2.35. The minimum Gasteiger partial charge on any atom is -0.392 e. The van der Waals surface area contributed by atoms with E-state index in [9.17, 15) is 5.11 Å². The Labute approximate surface area is 90.3 Å². The number of aromatic nitrogens is 2. The van der Waals surface area contributed by atoms with Crippen LogP contribution in [0.3, 0.4) is 0 Å². The number of imidazole rings is 1. The van der Waals surface area contributed by atoms with E-state index in [4.69, 9.17) is 0 Å². The number of hydrogen-bond acceptors (Lipinski definition) is 3. The first-order valence-electron chi connectivity index (χ1n) is 5.67. The summed E-state index contributed by atoms with van der Waals surface area (Å²) in [5.74, 6) is 0. The molecule has 2 atom stereocenters. The number of H-pyrrole nitrogens is 1. The molecule has 0 spiro atoms. The SMILES string of the molecule is CC(O)C1CCCCN1Cc1cnc[nH]1. The molecule has 0 aliphatic carbocycles. The van der Waals surface area contributed by atoms with Crippen LogP contribution in [0.15, 0.2) is 12.5 Å². The minimum atomic E-state index is -0.242. The topological polar surface area (TPSA) is 52.1 Å². The van der Waals surface area contributed by atoms with Gasteiger partial charge < -0.3 is 10.1 Å². The van der Waals surface area contributed by atoms with Crippen LogP contribution in [0.2, 0.25) is 0 Å². The van der Waals surface area contributed by atoms with E-state index in [0.29, 0.717) is 6.04 Å². The Balaban J connectivity index is 1.99. The zero-order chi connectivity index (χ0) is 10.7. The van der Waals surface area contributed by atoms with Gasteiger partial charge in [-0.25, -0.2) is 4.98 Å². The molecule has 2 unspecified atom stereocenters. The van der Waals surface area contributed by atoms with E-state index in [-0.39, 0.29) is 6.10 Å². The van der Waals surface area contributed by atoms with Crippen LogP contribution in [0.4, 0.5) is 0 Å². The maximum atomic E-state index is 9.71. The predicted molar refractivity (Wildman–Crippen MR) is 58.3 cm³/mol. The Morgan fingerprint density at radius 2 is 2.53 bits per heavy atom. The number of nitrogens with zero attached hydrogens (tertiary/aromatic N) is 2. The molecule has 2 N–H and O–H groups in total. The van der Waals surface area contributed by atoms with Crippen LogP contribution in [0.5, 0.6) is 0 Å². The Morgan fingerprint density at radius 3 is 3.20 bits per heavy atom. The van der Waals surface area contributed by atoms with E-state index in [1.165, 1.54) is 12.8 Å². The van der Waals surface area contributed by atoms with Crippen molar-refractivity contribution >= 4 is 0 Å². The first-order chi connectivity index (χ1) is 7.27. The van der Waals surface area contributed by atoms with Gasteiger partial charge in [0, 0.05) is 24.5 Å². The van der Waals surface area contributed by atoms with Crippen molar-refractivity contribution in [2.24, 2.45) is 0 Å². The Morgan fingerprint density at radius 1 is 1.67 bits per heavy atom. The molecule has 4 heteroatoms. The fourth-order valence-electron chi connectivity index (χ4n) is 2.35. The van der Waals surface area contributed by atoms with Gasteiger partial charge in [0.25, 0.3) is 0 Å². The van der Waals surface area contributed by atoms with Gasteiger partial charge >= 0.3 is 0 Å². The molecule has 0 amide bonds. The number of likely N-dealkylation sites (tertiary alicyclic amines) is 1. The number of hydrogen-bond donors (Lipinski definition) is 2. The van der Waals surface area contributed by atoms with Crippen molar-refractivity contribution in [1.29, 1.82) is 0 Å². The summed E-state index contributed by atoms with van der Waals surface area (Å²) in [6.45, 7) is 3.83. The second kappa shape index (κ2) is 4.77. The number of nitrogens with one attached hydrogen (secondary N) is 1. The lowest BCUT2D eigenvalue weighted by atomic mass is 9.98. The van der Waals surface area contributed by atoms with Crippen LogP contribution in [0.25, 0.3) is 0 Å². The summed E-state index contributed by atoms with van der Waals surface area (Å²) < 4.78 is 0. The highest BCUT2D eigenvalue weighted by Crippen LogP contribution is 2.21. The van der Waals surface area contributed by atoms with E-state index in [1.807, 2.05) is 13.1 Å². The van der Waals surface area contributed by atoms with E-state index in [2.05, 4.69) is 14.9 Å². The van der Waals surface area contributed by atoms with Crippen LogP contribution in [-0.4, -0.2) is 38.7 Å². The largest absolute Gasteiger partial charge is 0.392 e. The summed E-state index contributed by atoms with van der Waals surface area (Å²) in [5.41, 5.74) is 1.13. The number of rotatable bonds is 3. The van der Waals surface area contributed by atoms with Crippen LogP contribution in [0.1, 0.15) is 31.9 Å². The molecule has 84 valence electrons. The van der Waals surface area contributed by atoms with Gasteiger partial charge in [-0.15, -0.1) is 0 Å². The van der Waals surface area contributed by atoms with Gasteiger partial charge in [0.1, 0.15) is 0 Å². The van der Waals surface area contributed by atoms with Gasteiger partial charge in [0.05, 0.1) is 12.4 Å². The number of aromatic amines is 1. The molecule has 1 aliphatic heterocycles. The molecule has 1 aliphatic rings. The van der Waals surface area contributed by atoms with Crippen LogP contribution in [0, 0.1) is 0 Å². The first kappa shape index (κ1) is 10.6. The number of piperidine rings is 1. The standard InChI is InChI=1S/C11H19N3O/c1-9(15)11-4-2-3-5-14(11)7-10-6-12-8-13-10/h6,8-9,11,15H,2-5,7H2,1H3,(H,12,13). The Hall–Kier alpha value is -0.870. The zero-order valence-corrected chi connectivity index (χ0v) is 9.19. The van der Waals surface area contributed by atoms with Crippen molar-refractivity contribution in [3.8, 4) is 0 Å². The monoisotopic (exact) mass is 209 g/mol. The molecule has 15 heavy (non-hydrogen) atoms. The summed E-state index contributed by atoms with van der Waals surface area (Å²) in [7, 11) is 0. The summed E-state index contributed by atoms with van der Waals surface area (Å²) in [6.07, 6.45) is 6.89. The molecule has 2 rings (SSSR count). The van der Waals surface area contributed by atoms with E-state index >= 15 is 0 Å². The summed E-state index contributed by atoms with van der Waals surface area (Å²) >= 11 is 0. The van der Waals surface area contributed by atoms with Crippen molar-refractivity contribution in [2.75, 3.05) is 6.54 Å².